The molecule has 0 fully saturated rings. The third-order valence-electron chi connectivity index (χ3n) is 16.6. The van der Waals surface area contributed by atoms with Gasteiger partial charge in [0.05, 0.1) is 39.9 Å². The van der Waals surface area contributed by atoms with Gasteiger partial charge in [-0.25, -0.2) is 0 Å². The van der Waals surface area contributed by atoms with Crippen LogP contribution in [0.2, 0.25) is 0 Å². The summed E-state index contributed by atoms with van der Waals surface area (Å²) in [6.07, 6.45) is 96.0. The van der Waals surface area contributed by atoms with Crippen molar-refractivity contribution in [2.24, 2.45) is 0 Å². The number of carbonyl (C=O) groups excluding carboxylic acids is 1. The largest absolute Gasteiger partial charge is 0.756 e. The molecule has 1 amide bonds. The highest BCUT2D eigenvalue weighted by Gasteiger charge is 2.23. The SMILES string of the molecule is CC/C=C\C/C=C\C/C=C\C/C=C\CCCCCCCCCCCCCCCCCCCCCCCCCCCCCCC(=O)NC(COP(=O)([O-])OCC[N+](C)(C)C)C(O)/C=C/CC/C=C/CC/C=C/CCCCCCCCCCCCCCC. The fourth-order valence-electron chi connectivity index (χ4n) is 10.9. The number of rotatable bonds is 68. The van der Waals surface area contributed by atoms with Crippen LogP contribution in [-0.4, -0.2) is 68.5 Å². The molecule has 0 aromatic rings. The molecule has 0 saturated heterocycles. The van der Waals surface area contributed by atoms with E-state index in [4.69, 9.17) is 9.05 Å². The van der Waals surface area contributed by atoms with Gasteiger partial charge in [0.2, 0.25) is 5.91 Å². The Morgan fingerprint density at radius 3 is 1.08 bits per heavy atom. The molecular formula is C77H143N2O6P. The number of quaternary nitrogens is 1. The molecule has 8 nitrogen and oxygen atoms in total. The van der Waals surface area contributed by atoms with Crippen molar-refractivity contribution >= 4 is 13.7 Å². The van der Waals surface area contributed by atoms with Crippen LogP contribution in [0.25, 0.3) is 0 Å². The molecule has 0 bridgehead atoms. The molecule has 0 aliphatic heterocycles. The van der Waals surface area contributed by atoms with Crippen LogP contribution in [0, 0.1) is 0 Å². The number of hydrogen-bond acceptors (Lipinski definition) is 6. The normalized spacial score (nSPS) is 14.1. The van der Waals surface area contributed by atoms with Gasteiger partial charge in [-0.1, -0.05) is 343 Å². The summed E-state index contributed by atoms with van der Waals surface area (Å²) in [5.74, 6) is -0.206. The zero-order valence-corrected chi connectivity index (χ0v) is 58.4. The number of hydrogen-bond donors (Lipinski definition) is 2. The number of unbranched alkanes of at least 4 members (excludes halogenated alkanes) is 43. The number of aliphatic hydroxyl groups is 1. The van der Waals surface area contributed by atoms with Gasteiger partial charge >= 0.3 is 0 Å². The highest BCUT2D eigenvalue weighted by atomic mass is 31.2. The number of phosphoric ester groups is 1. The Morgan fingerprint density at radius 2 is 0.721 bits per heavy atom. The van der Waals surface area contributed by atoms with Crippen LogP contribution < -0.4 is 10.2 Å². The van der Waals surface area contributed by atoms with Gasteiger partial charge < -0.3 is 28.8 Å². The van der Waals surface area contributed by atoms with E-state index in [9.17, 15) is 19.4 Å². The van der Waals surface area contributed by atoms with E-state index in [0.29, 0.717) is 17.4 Å². The summed E-state index contributed by atoms with van der Waals surface area (Å²) in [7, 11) is 1.24. The van der Waals surface area contributed by atoms with Gasteiger partial charge in [-0.05, 0) is 83.5 Å². The zero-order chi connectivity index (χ0) is 62.6. The first kappa shape index (κ1) is 83.7. The maximum atomic E-state index is 13.0. The van der Waals surface area contributed by atoms with Gasteiger partial charge in [0.25, 0.3) is 7.82 Å². The maximum Gasteiger partial charge on any atom is 0.268 e. The average Bonchev–Trinajstić information content (AvgIpc) is 3.70. The molecule has 502 valence electrons. The summed E-state index contributed by atoms with van der Waals surface area (Å²) in [6, 6.07) is -0.912. The lowest BCUT2D eigenvalue weighted by Crippen LogP contribution is -2.45. The van der Waals surface area contributed by atoms with Gasteiger partial charge in [-0.3, -0.25) is 9.36 Å². The van der Waals surface area contributed by atoms with E-state index in [0.717, 1.165) is 70.6 Å². The lowest BCUT2D eigenvalue weighted by molar-refractivity contribution is -0.870. The number of amides is 1. The molecule has 0 saturated carbocycles. The number of likely N-dealkylation sites (N-methyl/N-ethyl adjacent to an activating group) is 1. The lowest BCUT2D eigenvalue weighted by atomic mass is 10.0. The molecule has 0 aromatic heterocycles. The van der Waals surface area contributed by atoms with Gasteiger partial charge in [0.1, 0.15) is 13.2 Å². The number of aliphatic hydroxyl groups excluding tert-OH is 1. The summed E-state index contributed by atoms with van der Waals surface area (Å²) in [4.78, 5) is 25.6. The van der Waals surface area contributed by atoms with E-state index >= 15 is 0 Å². The van der Waals surface area contributed by atoms with Crippen molar-refractivity contribution in [2.45, 2.75) is 360 Å². The summed E-state index contributed by atoms with van der Waals surface area (Å²) >= 11 is 0. The van der Waals surface area contributed by atoms with Crippen LogP contribution in [-0.2, 0) is 18.4 Å². The van der Waals surface area contributed by atoms with Crippen molar-refractivity contribution in [3.05, 3.63) is 85.1 Å². The molecule has 0 aliphatic carbocycles. The molecule has 0 aromatic carbocycles. The fraction of sp³-hybridized carbons (Fsp3) is 0.805. The third-order valence-corrected chi connectivity index (χ3v) is 17.5. The molecular weight excluding hydrogens is 1080 g/mol. The molecule has 0 aliphatic rings. The Hall–Kier alpha value is -2.32. The number of nitrogens with zero attached hydrogens (tertiary/aromatic N) is 1. The van der Waals surface area contributed by atoms with Crippen molar-refractivity contribution in [3.63, 3.8) is 0 Å². The molecule has 3 unspecified atom stereocenters. The van der Waals surface area contributed by atoms with Crippen LogP contribution in [0.15, 0.2) is 85.1 Å². The first-order chi connectivity index (χ1) is 42.0. The summed E-state index contributed by atoms with van der Waals surface area (Å²) < 4.78 is 23.4. The summed E-state index contributed by atoms with van der Waals surface area (Å²) in [6.45, 7) is 4.55. The Kier molecular flexibility index (Phi) is 65.3. The minimum absolute atomic E-state index is 0.00917. The Balaban J connectivity index is 3.97. The van der Waals surface area contributed by atoms with E-state index < -0.39 is 26.6 Å². The van der Waals surface area contributed by atoms with Crippen molar-refractivity contribution in [3.8, 4) is 0 Å². The summed E-state index contributed by atoms with van der Waals surface area (Å²) in [5.41, 5.74) is 0. The van der Waals surface area contributed by atoms with Crippen molar-refractivity contribution in [1.29, 1.82) is 0 Å². The predicted octanol–water partition coefficient (Wildman–Crippen LogP) is 23.3. The van der Waals surface area contributed by atoms with E-state index in [1.54, 1.807) is 6.08 Å². The van der Waals surface area contributed by atoms with Crippen molar-refractivity contribution < 1.29 is 32.9 Å². The lowest BCUT2D eigenvalue weighted by Gasteiger charge is -2.29. The molecule has 0 heterocycles. The Morgan fingerprint density at radius 1 is 0.419 bits per heavy atom. The number of phosphoric acid groups is 1. The number of allylic oxidation sites excluding steroid dienone is 13. The topological polar surface area (TPSA) is 108 Å². The van der Waals surface area contributed by atoms with Gasteiger partial charge in [-0.2, -0.15) is 0 Å². The molecule has 2 N–H and O–H groups in total. The Labute approximate surface area is 535 Å². The van der Waals surface area contributed by atoms with Crippen LogP contribution in [0.1, 0.15) is 348 Å². The van der Waals surface area contributed by atoms with E-state index in [1.165, 1.54) is 257 Å². The maximum absolute atomic E-state index is 13.0. The molecule has 0 spiro atoms. The quantitative estimate of drug-likeness (QED) is 0.0272. The molecule has 86 heavy (non-hydrogen) atoms. The smallest absolute Gasteiger partial charge is 0.268 e. The standard InChI is InChI=1S/C77H143N2O6P/c1-6-8-10-12-14-16-18-20-22-24-26-28-30-31-32-33-34-35-36-37-38-39-40-41-42-43-44-45-46-47-49-51-53-55-57-59-61-63-65-67-69-71-77(81)78-75(74-85-86(82,83)84-73-72-79(3,4)5)76(80)70-68-66-64-62-60-58-56-54-52-50-48-29-27-25-23-21-19-17-15-13-11-9-7-2/h8,10,14,16,20,22,26,28,52,54,60,62,68,70,75-76,80H,6-7,9,11-13,15,17-19,21,23-25,27,29-51,53,55-59,61,63-67,69,71-74H2,1-5H3,(H-,78,81,82,83)/b10-8-,16-14-,22-20-,28-26-,54-52+,62-60+,70-68+. The van der Waals surface area contributed by atoms with Crippen LogP contribution in [0.5, 0.6) is 0 Å². The van der Waals surface area contributed by atoms with Crippen molar-refractivity contribution in [2.75, 3.05) is 40.9 Å². The zero-order valence-electron chi connectivity index (χ0n) is 57.5. The number of carbonyl (C=O) groups is 1. The second kappa shape index (κ2) is 67.1. The molecule has 0 rings (SSSR count). The minimum Gasteiger partial charge on any atom is -0.756 e. The van der Waals surface area contributed by atoms with Gasteiger partial charge in [0.15, 0.2) is 0 Å². The minimum atomic E-state index is -4.62. The highest BCUT2D eigenvalue weighted by molar-refractivity contribution is 7.45. The van der Waals surface area contributed by atoms with Crippen LogP contribution in [0.3, 0.4) is 0 Å². The molecule has 3 atom stereocenters. The first-order valence-corrected chi connectivity index (χ1v) is 38.4. The van der Waals surface area contributed by atoms with Crippen molar-refractivity contribution in [1.82, 2.24) is 5.32 Å². The van der Waals surface area contributed by atoms with Crippen LogP contribution in [0.4, 0.5) is 0 Å². The van der Waals surface area contributed by atoms with E-state index in [1.807, 2.05) is 27.2 Å². The number of nitrogens with one attached hydrogen (secondary N) is 1. The van der Waals surface area contributed by atoms with E-state index in [2.05, 4.69) is 92.1 Å². The second-order valence-electron chi connectivity index (χ2n) is 26.3. The third kappa shape index (κ3) is 69.2. The van der Waals surface area contributed by atoms with Crippen LogP contribution >= 0.6 is 7.82 Å². The monoisotopic (exact) mass is 1220 g/mol. The Bertz CT molecular complexity index is 1680. The summed E-state index contributed by atoms with van der Waals surface area (Å²) in [5, 5.41) is 13.9. The van der Waals surface area contributed by atoms with Gasteiger partial charge in [-0.15, -0.1) is 0 Å². The van der Waals surface area contributed by atoms with Gasteiger partial charge in [0, 0.05) is 6.42 Å². The highest BCUT2D eigenvalue weighted by Crippen LogP contribution is 2.38. The molecule has 0 radical (unpaired) electrons. The van der Waals surface area contributed by atoms with E-state index in [-0.39, 0.29) is 12.5 Å². The fourth-order valence-corrected chi connectivity index (χ4v) is 11.6. The first-order valence-electron chi connectivity index (χ1n) is 36.9. The predicted molar refractivity (Wildman–Crippen MR) is 376 cm³/mol. The second-order valence-corrected chi connectivity index (χ2v) is 27.7. The molecule has 9 heteroatoms. The average molecular weight is 1220 g/mol.